The fourth-order valence-electron chi connectivity index (χ4n) is 2.37. The Labute approximate surface area is 164 Å². The molecule has 0 spiro atoms. The molecule has 0 rings (SSSR count). The van der Waals surface area contributed by atoms with E-state index in [4.69, 9.17) is 16.6 Å². The quantitative estimate of drug-likeness (QED) is 0.156. The van der Waals surface area contributed by atoms with E-state index in [0.29, 0.717) is 25.8 Å². The molecule has 11 heteroatoms. The monoisotopic (exact) mass is 403 g/mol. The first-order chi connectivity index (χ1) is 13.1. The first-order valence-corrected chi connectivity index (χ1v) is 9.29. The first-order valence-electron chi connectivity index (χ1n) is 9.29. The number of hydrogen-bond donors (Lipinski definition) is 7. The van der Waals surface area contributed by atoms with Crippen LogP contribution in [0.15, 0.2) is 0 Å². The fourth-order valence-corrected chi connectivity index (χ4v) is 2.37. The van der Waals surface area contributed by atoms with Gasteiger partial charge in [0.25, 0.3) is 0 Å². The zero-order chi connectivity index (χ0) is 21.7. The molecule has 11 nitrogen and oxygen atoms in total. The molecule has 0 heterocycles. The van der Waals surface area contributed by atoms with Crippen molar-refractivity contribution < 1.29 is 29.4 Å². The summed E-state index contributed by atoms with van der Waals surface area (Å²) < 4.78 is 0. The highest BCUT2D eigenvalue weighted by molar-refractivity contribution is 5.93. The maximum Gasteiger partial charge on any atom is 0.322 e. The molecule has 3 atom stereocenters. The molecule has 0 aliphatic rings. The average Bonchev–Trinajstić information content (AvgIpc) is 2.62. The molecule has 9 N–H and O–H groups in total. The number of aliphatic hydroxyl groups excluding tert-OH is 1. The van der Waals surface area contributed by atoms with E-state index in [-0.39, 0.29) is 12.3 Å². The summed E-state index contributed by atoms with van der Waals surface area (Å²) in [4.78, 5) is 47.2. The molecular weight excluding hydrogens is 370 g/mol. The summed E-state index contributed by atoms with van der Waals surface area (Å²) in [7, 11) is 0. The third-order valence-corrected chi connectivity index (χ3v) is 3.88. The van der Waals surface area contributed by atoms with Gasteiger partial charge in [0.05, 0.1) is 12.6 Å². The SMILES string of the molecule is CC(C)CC(NC(=O)C(CO)NC(=O)C(N)CCCCN)C(=O)NCC(=O)O. The van der Waals surface area contributed by atoms with Gasteiger partial charge in [0, 0.05) is 0 Å². The van der Waals surface area contributed by atoms with Crippen molar-refractivity contribution in [1.82, 2.24) is 16.0 Å². The minimum Gasteiger partial charge on any atom is -0.480 e. The summed E-state index contributed by atoms with van der Waals surface area (Å²) in [5, 5.41) is 25.1. The lowest BCUT2D eigenvalue weighted by atomic mass is 10.0. The second kappa shape index (κ2) is 13.9. The molecule has 0 saturated heterocycles. The molecule has 162 valence electrons. The van der Waals surface area contributed by atoms with E-state index in [1.54, 1.807) is 0 Å². The highest BCUT2D eigenvalue weighted by Gasteiger charge is 2.28. The molecule has 0 fully saturated rings. The normalized spacial score (nSPS) is 14.1. The number of aliphatic hydroxyl groups is 1. The van der Waals surface area contributed by atoms with Crippen LogP contribution >= 0.6 is 0 Å². The molecule has 3 unspecified atom stereocenters. The van der Waals surface area contributed by atoms with Crippen molar-refractivity contribution in [3.63, 3.8) is 0 Å². The van der Waals surface area contributed by atoms with Crippen molar-refractivity contribution in [2.45, 2.75) is 57.7 Å². The molecule has 0 saturated carbocycles. The number of nitrogens with two attached hydrogens (primary N) is 2. The summed E-state index contributed by atoms with van der Waals surface area (Å²) in [6.45, 7) is 2.88. The largest absolute Gasteiger partial charge is 0.480 e. The summed E-state index contributed by atoms with van der Waals surface area (Å²) in [5.74, 6) is -3.21. The number of unbranched alkanes of at least 4 members (excludes halogenated alkanes) is 1. The van der Waals surface area contributed by atoms with Crippen molar-refractivity contribution in [1.29, 1.82) is 0 Å². The average molecular weight is 403 g/mol. The Morgan fingerprint density at radius 2 is 1.57 bits per heavy atom. The molecule has 0 aliphatic heterocycles. The summed E-state index contributed by atoms with van der Waals surface area (Å²) >= 11 is 0. The van der Waals surface area contributed by atoms with Crippen LogP contribution in [0.3, 0.4) is 0 Å². The summed E-state index contributed by atoms with van der Waals surface area (Å²) in [6, 6.07) is -3.13. The van der Waals surface area contributed by atoms with E-state index in [0.717, 1.165) is 0 Å². The van der Waals surface area contributed by atoms with Gasteiger partial charge in [-0.25, -0.2) is 0 Å². The van der Waals surface area contributed by atoms with Crippen molar-refractivity contribution in [2.75, 3.05) is 19.7 Å². The molecule has 0 aromatic heterocycles. The van der Waals surface area contributed by atoms with Gasteiger partial charge < -0.3 is 37.6 Å². The number of amides is 3. The minimum atomic E-state index is -1.28. The predicted molar refractivity (Wildman–Crippen MR) is 102 cm³/mol. The van der Waals surface area contributed by atoms with Gasteiger partial charge in [-0.3, -0.25) is 19.2 Å². The third kappa shape index (κ3) is 10.8. The smallest absolute Gasteiger partial charge is 0.322 e. The van der Waals surface area contributed by atoms with E-state index < -0.39 is 55.0 Å². The van der Waals surface area contributed by atoms with Crippen LogP contribution in [0.4, 0.5) is 0 Å². The summed E-state index contributed by atoms with van der Waals surface area (Å²) in [6.07, 6.45) is 2.01. The lowest BCUT2D eigenvalue weighted by Gasteiger charge is -2.24. The lowest BCUT2D eigenvalue weighted by molar-refractivity contribution is -0.138. The Morgan fingerprint density at radius 1 is 0.964 bits per heavy atom. The van der Waals surface area contributed by atoms with Crippen LogP contribution in [0.5, 0.6) is 0 Å². The number of nitrogens with one attached hydrogen (secondary N) is 3. The highest BCUT2D eigenvalue weighted by Crippen LogP contribution is 2.06. The van der Waals surface area contributed by atoms with Crippen LogP contribution in [0, 0.1) is 5.92 Å². The second-order valence-corrected chi connectivity index (χ2v) is 6.94. The number of carbonyl (C=O) groups is 4. The standard InChI is InChI=1S/C17H33N5O6/c1-10(2)7-12(16(27)20-8-14(24)25)21-17(28)13(9-23)22-15(26)11(19)5-3-4-6-18/h10-13,23H,3-9,18-19H2,1-2H3,(H,20,27)(H,21,28)(H,22,26)(H,24,25). The van der Waals surface area contributed by atoms with Gasteiger partial charge in [0.1, 0.15) is 18.6 Å². The topological polar surface area (TPSA) is 197 Å². The Bertz CT molecular complexity index is 528. The molecule has 0 aliphatic carbocycles. The van der Waals surface area contributed by atoms with E-state index >= 15 is 0 Å². The number of hydrogen-bond acceptors (Lipinski definition) is 7. The van der Waals surface area contributed by atoms with Gasteiger partial charge in [-0.2, -0.15) is 0 Å². The van der Waals surface area contributed by atoms with E-state index in [1.807, 2.05) is 13.8 Å². The minimum absolute atomic E-state index is 0.0269. The highest BCUT2D eigenvalue weighted by atomic mass is 16.4. The number of rotatable bonds is 14. The first kappa shape index (κ1) is 25.8. The van der Waals surface area contributed by atoms with Crippen LogP contribution in [-0.4, -0.2) is 71.7 Å². The van der Waals surface area contributed by atoms with Crippen LogP contribution in [0.2, 0.25) is 0 Å². The van der Waals surface area contributed by atoms with Crippen LogP contribution < -0.4 is 27.4 Å². The zero-order valence-electron chi connectivity index (χ0n) is 16.4. The van der Waals surface area contributed by atoms with E-state index in [9.17, 15) is 24.3 Å². The van der Waals surface area contributed by atoms with Crippen LogP contribution in [0.1, 0.15) is 39.5 Å². The second-order valence-electron chi connectivity index (χ2n) is 6.94. The van der Waals surface area contributed by atoms with Gasteiger partial charge >= 0.3 is 5.97 Å². The molecule has 0 bridgehead atoms. The maximum absolute atomic E-state index is 12.4. The lowest BCUT2D eigenvalue weighted by Crippen LogP contribution is -2.57. The molecule has 0 aromatic rings. The van der Waals surface area contributed by atoms with Gasteiger partial charge in [-0.05, 0) is 31.7 Å². The Balaban J connectivity index is 4.87. The van der Waals surface area contributed by atoms with Crippen molar-refractivity contribution >= 4 is 23.7 Å². The Hall–Kier alpha value is -2.24. The number of carboxylic acids is 1. The van der Waals surface area contributed by atoms with Crippen LogP contribution in [-0.2, 0) is 19.2 Å². The zero-order valence-corrected chi connectivity index (χ0v) is 16.4. The maximum atomic E-state index is 12.4. The summed E-state index contributed by atoms with van der Waals surface area (Å²) in [5.41, 5.74) is 11.1. The van der Waals surface area contributed by atoms with Gasteiger partial charge in [0.15, 0.2) is 0 Å². The molecular formula is C17H33N5O6. The van der Waals surface area contributed by atoms with Gasteiger partial charge in [0.2, 0.25) is 17.7 Å². The molecule has 0 radical (unpaired) electrons. The third-order valence-electron chi connectivity index (χ3n) is 3.88. The number of carboxylic acid groups (broad SMARTS) is 1. The number of aliphatic carboxylic acids is 1. The van der Waals surface area contributed by atoms with E-state index in [2.05, 4.69) is 16.0 Å². The van der Waals surface area contributed by atoms with Gasteiger partial charge in [-0.1, -0.05) is 20.3 Å². The Kier molecular flexibility index (Phi) is 12.7. The van der Waals surface area contributed by atoms with Gasteiger partial charge in [-0.15, -0.1) is 0 Å². The van der Waals surface area contributed by atoms with E-state index in [1.165, 1.54) is 0 Å². The fraction of sp³-hybridized carbons (Fsp3) is 0.765. The number of carbonyl (C=O) groups excluding carboxylic acids is 3. The van der Waals surface area contributed by atoms with Crippen molar-refractivity contribution in [3.05, 3.63) is 0 Å². The van der Waals surface area contributed by atoms with Crippen molar-refractivity contribution in [3.8, 4) is 0 Å². The predicted octanol–water partition coefficient (Wildman–Crippen LogP) is -2.35. The van der Waals surface area contributed by atoms with Crippen LogP contribution in [0.25, 0.3) is 0 Å². The molecule has 28 heavy (non-hydrogen) atoms. The molecule has 3 amide bonds. The van der Waals surface area contributed by atoms with Crippen molar-refractivity contribution in [2.24, 2.45) is 17.4 Å². The molecule has 0 aromatic carbocycles. The Morgan fingerprint density at radius 3 is 2.07 bits per heavy atom.